The molecule has 56 heavy (non-hydrogen) atoms. The van der Waals surface area contributed by atoms with Crippen LogP contribution in [0.1, 0.15) is 59.2 Å². The first-order valence-corrected chi connectivity index (χ1v) is 19.3. The first kappa shape index (κ1) is 35.0. The van der Waals surface area contributed by atoms with Gasteiger partial charge in [-0.3, -0.25) is 15.0 Å². The summed E-state index contributed by atoms with van der Waals surface area (Å²) in [6.07, 6.45) is 9.43. The average Bonchev–Trinajstić information content (AvgIpc) is 3.49. The molecule has 3 aliphatic rings. The van der Waals surface area contributed by atoms with Crippen molar-refractivity contribution in [2.75, 3.05) is 0 Å². The van der Waals surface area contributed by atoms with Gasteiger partial charge in [0.2, 0.25) is 0 Å². The fourth-order valence-corrected chi connectivity index (χ4v) is 8.25. The normalized spacial score (nSPS) is 16.9. The fraction of sp³-hybridized carbons (Fsp3) is 0.115. The van der Waals surface area contributed by atoms with E-state index in [0.717, 1.165) is 57.2 Å². The lowest BCUT2D eigenvalue weighted by molar-refractivity contribution is 0.660. The van der Waals surface area contributed by atoms with Gasteiger partial charge in [-0.25, -0.2) is 4.99 Å². The highest BCUT2D eigenvalue weighted by molar-refractivity contribution is 6.23. The minimum atomic E-state index is -0.203. The average molecular weight is 723 g/mol. The van der Waals surface area contributed by atoms with Crippen LogP contribution in [0.15, 0.2) is 202 Å². The fourth-order valence-electron chi connectivity index (χ4n) is 8.25. The SMILES string of the molecule is C=N/C(=C\C(=NCc1cccc(-c2ccc3c(c2)C(C)(C)c2cccc(C4=NC5CC=CC=C5C(c5ccccc5)=N4)c2-3)c1)c1ccccc1)c1ccccc1. The Bertz CT molecular complexity index is 2660. The van der Waals surface area contributed by atoms with Gasteiger partial charge in [0.05, 0.1) is 29.7 Å². The summed E-state index contributed by atoms with van der Waals surface area (Å²) in [5.41, 5.74) is 16.5. The number of allylic oxidation sites excluding steroid dienone is 3. The van der Waals surface area contributed by atoms with Crippen molar-refractivity contribution in [3.63, 3.8) is 0 Å². The van der Waals surface area contributed by atoms with Crippen LogP contribution in [-0.4, -0.2) is 30.0 Å². The summed E-state index contributed by atoms with van der Waals surface area (Å²) < 4.78 is 0. The molecule has 0 N–H and O–H groups in total. The van der Waals surface area contributed by atoms with Crippen molar-refractivity contribution >= 4 is 29.7 Å². The second kappa shape index (κ2) is 14.8. The number of hydrogen-bond donors (Lipinski definition) is 0. The van der Waals surface area contributed by atoms with E-state index in [1.54, 1.807) is 0 Å². The third kappa shape index (κ3) is 6.54. The Balaban J connectivity index is 1.06. The molecular formula is C52H42N4. The van der Waals surface area contributed by atoms with Gasteiger partial charge in [0.1, 0.15) is 0 Å². The van der Waals surface area contributed by atoms with Crippen LogP contribution in [0.3, 0.4) is 0 Å². The molecule has 4 nitrogen and oxygen atoms in total. The maximum absolute atomic E-state index is 5.31. The zero-order chi connectivity index (χ0) is 38.1. The molecule has 1 heterocycles. The Morgan fingerprint density at radius 2 is 1.41 bits per heavy atom. The van der Waals surface area contributed by atoms with Crippen LogP contribution in [0, 0.1) is 0 Å². The lowest BCUT2D eigenvalue weighted by atomic mass is 9.81. The van der Waals surface area contributed by atoms with Crippen LogP contribution in [0.25, 0.3) is 28.0 Å². The molecule has 270 valence electrons. The number of benzene rings is 6. The number of nitrogens with zero attached hydrogens (tertiary/aromatic N) is 4. The van der Waals surface area contributed by atoms with E-state index in [-0.39, 0.29) is 11.5 Å². The second-order valence-corrected chi connectivity index (χ2v) is 15.0. The van der Waals surface area contributed by atoms with Gasteiger partial charge in [0.25, 0.3) is 0 Å². The summed E-state index contributed by atoms with van der Waals surface area (Å²) in [5, 5.41) is 0. The molecule has 4 heteroatoms. The van der Waals surface area contributed by atoms with Gasteiger partial charge >= 0.3 is 0 Å². The third-order valence-electron chi connectivity index (χ3n) is 11.2. The third-order valence-corrected chi connectivity index (χ3v) is 11.2. The minimum Gasteiger partial charge on any atom is -0.280 e. The zero-order valence-corrected chi connectivity index (χ0v) is 31.7. The maximum Gasteiger partial charge on any atom is 0.156 e. The van der Waals surface area contributed by atoms with Crippen LogP contribution in [0.5, 0.6) is 0 Å². The molecule has 6 aromatic rings. The van der Waals surface area contributed by atoms with Crippen molar-refractivity contribution < 1.29 is 0 Å². The molecule has 0 fully saturated rings. The Labute approximate surface area is 329 Å². The number of fused-ring (bicyclic) bond motifs is 4. The highest BCUT2D eigenvalue weighted by Crippen LogP contribution is 2.51. The second-order valence-electron chi connectivity index (χ2n) is 15.0. The number of amidine groups is 1. The van der Waals surface area contributed by atoms with Crippen LogP contribution < -0.4 is 0 Å². The van der Waals surface area contributed by atoms with Crippen molar-refractivity contribution in [1.29, 1.82) is 0 Å². The first-order valence-electron chi connectivity index (χ1n) is 19.3. The lowest BCUT2D eigenvalue weighted by Crippen LogP contribution is -2.26. The van der Waals surface area contributed by atoms with Gasteiger partial charge in [-0.1, -0.05) is 172 Å². The van der Waals surface area contributed by atoms with Crippen molar-refractivity contribution in [2.24, 2.45) is 20.0 Å². The highest BCUT2D eigenvalue weighted by atomic mass is 15.0. The Hall–Kier alpha value is -6.78. The monoisotopic (exact) mass is 722 g/mol. The summed E-state index contributed by atoms with van der Waals surface area (Å²) in [6, 6.07) is 53.3. The molecule has 9 rings (SSSR count). The number of hydrogen-bond acceptors (Lipinski definition) is 4. The molecule has 0 saturated carbocycles. The summed E-state index contributed by atoms with van der Waals surface area (Å²) >= 11 is 0. The van der Waals surface area contributed by atoms with E-state index < -0.39 is 0 Å². The molecule has 0 bridgehead atoms. The summed E-state index contributed by atoms with van der Waals surface area (Å²) in [4.78, 5) is 20.1. The van der Waals surface area contributed by atoms with Crippen LogP contribution in [0.4, 0.5) is 0 Å². The molecular weight excluding hydrogens is 681 g/mol. The molecule has 0 radical (unpaired) electrons. The topological polar surface area (TPSA) is 49.4 Å². The van der Waals surface area contributed by atoms with Crippen LogP contribution in [0.2, 0.25) is 0 Å². The first-order chi connectivity index (χ1) is 27.5. The van der Waals surface area contributed by atoms with Crippen molar-refractivity contribution in [1.82, 2.24) is 0 Å². The van der Waals surface area contributed by atoms with E-state index in [0.29, 0.717) is 6.54 Å². The molecule has 0 spiro atoms. The molecule has 0 saturated heterocycles. The van der Waals surface area contributed by atoms with Crippen LogP contribution >= 0.6 is 0 Å². The Morgan fingerprint density at radius 1 is 0.714 bits per heavy atom. The van der Waals surface area contributed by atoms with Crippen molar-refractivity contribution in [2.45, 2.75) is 38.3 Å². The van der Waals surface area contributed by atoms with Gasteiger partial charge in [-0.15, -0.1) is 0 Å². The van der Waals surface area contributed by atoms with Gasteiger partial charge in [0, 0.05) is 27.7 Å². The van der Waals surface area contributed by atoms with Crippen LogP contribution in [-0.2, 0) is 12.0 Å². The molecule has 0 amide bonds. The number of aliphatic imine (C=N–C) groups is 4. The molecule has 0 aromatic heterocycles. The van der Waals surface area contributed by atoms with E-state index >= 15 is 0 Å². The maximum atomic E-state index is 5.31. The van der Waals surface area contributed by atoms with Gasteiger partial charge < -0.3 is 0 Å². The molecule has 6 aromatic carbocycles. The number of rotatable bonds is 9. The standard InChI is InChI=1S/C52H42N4/c1-52(2)44-27-16-26-43(51-55-46-28-14-13-25-42(46)50(56-51)38-22-11-6-12-23-38)49(44)41-30-29-40(32-45(41)52)39-24-15-17-35(31-39)34-54-48(37-20-9-5-10-21-37)33-47(53-3)36-18-7-4-8-19-36/h4-27,29-33,46H,3,28,34H2,1-2H3/b47-33-,54-48?. The highest BCUT2D eigenvalue weighted by Gasteiger charge is 2.38. The smallest absolute Gasteiger partial charge is 0.156 e. The van der Waals surface area contributed by atoms with Crippen molar-refractivity contribution in [3.05, 3.63) is 220 Å². The minimum absolute atomic E-state index is 0.0517. The van der Waals surface area contributed by atoms with E-state index in [9.17, 15) is 0 Å². The molecule has 2 aliphatic carbocycles. The summed E-state index contributed by atoms with van der Waals surface area (Å²) in [5.74, 6) is 0.809. The van der Waals surface area contributed by atoms with Gasteiger partial charge in [-0.05, 0) is 75.9 Å². The van der Waals surface area contributed by atoms with Gasteiger partial charge in [-0.2, -0.15) is 0 Å². The van der Waals surface area contributed by atoms with E-state index in [4.69, 9.17) is 15.0 Å². The summed E-state index contributed by atoms with van der Waals surface area (Å²) in [7, 11) is 0. The Morgan fingerprint density at radius 3 is 2.18 bits per heavy atom. The Kier molecular flexibility index (Phi) is 9.24. The van der Waals surface area contributed by atoms with Crippen molar-refractivity contribution in [3.8, 4) is 22.3 Å². The van der Waals surface area contributed by atoms with Gasteiger partial charge in [0.15, 0.2) is 5.84 Å². The zero-order valence-electron chi connectivity index (χ0n) is 31.7. The quantitative estimate of drug-likeness (QED) is 0.133. The molecule has 1 aliphatic heterocycles. The van der Waals surface area contributed by atoms with E-state index in [1.165, 1.54) is 39.0 Å². The predicted octanol–water partition coefficient (Wildman–Crippen LogP) is 11.9. The molecule has 1 atom stereocenters. The van der Waals surface area contributed by atoms with E-state index in [1.807, 2.05) is 54.6 Å². The largest absolute Gasteiger partial charge is 0.280 e. The predicted molar refractivity (Wildman–Crippen MR) is 235 cm³/mol. The van der Waals surface area contributed by atoms with E-state index in [2.05, 4.69) is 147 Å². The molecule has 1 unspecified atom stereocenters. The lowest BCUT2D eigenvalue weighted by Gasteiger charge is -2.26. The summed E-state index contributed by atoms with van der Waals surface area (Å²) in [6.45, 7) is 9.07.